The molecule has 3 aromatic carbocycles. The van der Waals surface area contributed by atoms with Crippen LogP contribution in [0.5, 0.6) is 11.5 Å². The highest BCUT2D eigenvalue weighted by Gasteiger charge is 2.35. The van der Waals surface area contributed by atoms with Crippen molar-refractivity contribution in [1.29, 1.82) is 0 Å². The Morgan fingerprint density at radius 3 is 2.42 bits per heavy atom. The molecule has 1 aliphatic rings. The fourth-order valence-electron chi connectivity index (χ4n) is 3.52. The molecule has 0 atom stereocenters. The van der Waals surface area contributed by atoms with Crippen LogP contribution < -0.4 is 19.7 Å². The van der Waals surface area contributed by atoms with E-state index in [1.807, 2.05) is 22.6 Å². The van der Waals surface area contributed by atoms with Crippen molar-refractivity contribution < 1.29 is 27.8 Å². The van der Waals surface area contributed by atoms with Crippen molar-refractivity contribution in [3.8, 4) is 11.5 Å². The molecule has 36 heavy (non-hydrogen) atoms. The highest BCUT2D eigenvalue weighted by molar-refractivity contribution is 14.1. The Morgan fingerprint density at radius 1 is 1.03 bits per heavy atom. The molecule has 2 amide bonds. The number of para-hydroxylation sites is 1. The van der Waals surface area contributed by atoms with Gasteiger partial charge in [0.05, 0.1) is 15.9 Å². The predicted molar refractivity (Wildman–Crippen MR) is 144 cm³/mol. The summed E-state index contributed by atoms with van der Waals surface area (Å²) < 4.78 is 40.6. The summed E-state index contributed by atoms with van der Waals surface area (Å²) in [4.78, 5) is 26.8. The van der Waals surface area contributed by atoms with Crippen LogP contribution in [-0.4, -0.2) is 23.5 Å². The van der Waals surface area contributed by atoms with Crippen molar-refractivity contribution in [2.24, 2.45) is 0 Å². The van der Waals surface area contributed by atoms with Gasteiger partial charge in [-0.05, 0) is 83.7 Å². The normalized spacial score (nSPS) is 14.7. The smallest absolute Gasteiger partial charge is 0.270 e. The number of carbonyl (C=O) groups is 2. The minimum Gasteiger partial charge on any atom is -0.490 e. The molecule has 1 heterocycles. The fraction of sp³-hybridized carbons (Fsp3) is 0.115. The van der Waals surface area contributed by atoms with Crippen LogP contribution >= 0.6 is 34.8 Å². The molecule has 184 valence electrons. The van der Waals surface area contributed by atoms with Gasteiger partial charge in [-0.3, -0.25) is 14.9 Å². The number of ether oxygens (including phenoxy) is 2. The minimum atomic E-state index is -0.762. The summed E-state index contributed by atoms with van der Waals surface area (Å²) in [5.41, 5.74) is 0.557. The molecule has 1 fully saturated rings. The third-order valence-corrected chi connectivity index (χ3v) is 6.25. The minimum absolute atomic E-state index is 0.0148. The fourth-order valence-corrected chi connectivity index (χ4v) is 4.57. The van der Waals surface area contributed by atoms with Crippen molar-refractivity contribution in [2.75, 3.05) is 11.5 Å². The second-order valence-electron chi connectivity index (χ2n) is 7.55. The molecular weight excluding hydrogens is 601 g/mol. The molecule has 4 rings (SSSR count). The molecule has 1 aliphatic heterocycles. The van der Waals surface area contributed by atoms with Crippen LogP contribution in [0, 0.1) is 15.2 Å². The molecule has 0 saturated carbocycles. The maximum absolute atomic E-state index is 14.4. The number of halogens is 3. The van der Waals surface area contributed by atoms with Gasteiger partial charge in [0, 0.05) is 5.56 Å². The number of anilines is 1. The van der Waals surface area contributed by atoms with Crippen molar-refractivity contribution in [3.63, 3.8) is 0 Å². The summed E-state index contributed by atoms with van der Waals surface area (Å²) in [6.07, 6.45) is 1.37. The summed E-state index contributed by atoms with van der Waals surface area (Å²) >= 11 is 7.16. The molecule has 0 aliphatic carbocycles. The summed E-state index contributed by atoms with van der Waals surface area (Å²) in [5.74, 6) is -1.75. The van der Waals surface area contributed by atoms with E-state index in [-0.39, 0.29) is 28.8 Å². The van der Waals surface area contributed by atoms with Gasteiger partial charge in [0.25, 0.3) is 11.8 Å². The Kier molecular flexibility index (Phi) is 7.94. The van der Waals surface area contributed by atoms with E-state index < -0.39 is 17.6 Å². The van der Waals surface area contributed by atoms with Crippen LogP contribution in [-0.2, 0) is 16.2 Å². The van der Waals surface area contributed by atoms with Gasteiger partial charge in [-0.2, -0.15) is 0 Å². The maximum atomic E-state index is 14.4. The lowest BCUT2D eigenvalue weighted by Crippen LogP contribution is -2.54. The van der Waals surface area contributed by atoms with E-state index in [2.05, 4.69) is 5.32 Å². The highest BCUT2D eigenvalue weighted by atomic mass is 127. The lowest BCUT2D eigenvalue weighted by molar-refractivity contribution is -0.122. The Hall–Kier alpha value is -3.38. The zero-order valence-corrected chi connectivity index (χ0v) is 21.9. The number of hydrogen-bond donors (Lipinski definition) is 1. The number of thiocarbonyl (C=S) groups is 1. The molecule has 10 heteroatoms. The molecule has 0 aromatic heterocycles. The number of nitrogens with one attached hydrogen (secondary N) is 1. The molecule has 0 spiro atoms. The van der Waals surface area contributed by atoms with Gasteiger partial charge in [0.15, 0.2) is 16.6 Å². The van der Waals surface area contributed by atoms with Gasteiger partial charge >= 0.3 is 0 Å². The summed E-state index contributed by atoms with van der Waals surface area (Å²) in [6.45, 7) is 2.10. The Labute approximate surface area is 225 Å². The van der Waals surface area contributed by atoms with Crippen molar-refractivity contribution in [3.05, 3.63) is 92.6 Å². The summed E-state index contributed by atoms with van der Waals surface area (Å²) in [5, 5.41) is 2.22. The van der Waals surface area contributed by atoms with Crippen LogP contribution in [0.4, 0.5) is 14.5 Å². The predicted octanol–water partition coefficient (Wildman–Crippen LogP) is 5.38. The lowest BCUT2D eigenvalue weighted by atomic mass is 10.1. The number of hydrogen-bond acceptors (Lipinski definition) is 5. The standard InChI is InChI=1S/C26H19F2IN2O4S/c1-2-34-22-13-15(12-20(29)23(22)35-14-16-7-3-4-8-18(16)27)11-17-24(32)30-26(36)31(25(17)33)21-10-6-5-9-19(21)28/h3-13H,2,14H2,1H3,(H,30,32,36)/b17-11+. The average molecular weight is 620 g/mol. The Balaban J connectivity index is 1.68. The molecular formula is C26H19F2IN2O4S. The highest BCUT2D eigenvalue weighted by Crippen LogP contribution is 2.36. The topological polar surface area (TPSA) is 67.9 Å². The van der Waals surface area contributed by atoms with Crippen molar-refractivity contribution in [1.82, 2.24) is 5.32 Å². The van der Waals surface area contributed by atoms with Gasteiger partial charge in [-0.25, -0.2) is 13.7 Å². The monoisotopic (exact) mass is 620 g/mol. The summed E-state index contributed by atoms with van der Waals surface area (Å²) in [7, 11) is 0. The zero-order valence-electron chi connectivity index (χ0n) is 18.9. The first-order valence-electron chi connectivity index (χ1n) is 10.8. The number of carbonyl (C=O) groups excluding carboxylic acids is 2. The van der Waals surface area contributed by atoms with Crippen LogP contribution in [0.1, 0.15) is 18.1 Å². The van der Waals surface area contributed by atoms with E-state index in [0.29, 0.717) is 32.8 Å². The average Bonchev–Trinajstić information content (AvgIpc) is 2.83. The van der Waals surface area contributed by atoms with E-state index >= 15 is 0 Å². The lowest BCUT2D eigenvalue weighted by Gasteiger charge is -2.29. The molecule has 6 nitrogen and oxygen atoms in total. The van der Waals surface area contributed by atoms with Crippen LogP contribution in [0.25, 0.3) is 6.08 Å². The van der Waals surface area contributed by atoms with E-state index in [9.17, 15) is 18.4 Å². The van der Waals surface area contributed by atoms with Crippen molar-refractivity contribution >= 4 is 63.5 Å². The van der Waals surface area contributed by atoms with Gasteiger partial charge in [0.2, 0.25) is 0 Å². The van der Waals surface area contributed by atoms with Crippen LogP contribution in [0.3, 0.4) is 0 Å². The van der Waals surface area contributed by atoms with Gasteiger partial charge in [-0.1, -0.05) is 30.3 Å². The van der Waals surface area contributed by atoms with E-state index in [1.165, 1.54) is 30.3 Å². The molecule has 0 radical (unpaired) electrons. The molecule has 0 bridgehead atoms. The first-order valence-corrected chi connectivity index (χ1v) is 12.3. The number of amides is 2. The van der Waals surface area contributed by atoms with Gasteiger partial charge in [-0.15, -0.1) is 0 Å². The Morgan fingerprint density at radius 2 is 1.72 bits per heavy atom. The quantitative estimate of drug-likeness (QED) is 0.167. The Bertz CT molecular complexity index is 1400. The maximum Gasteiger partial charge on any atom is 0.270 e. The third-order valence-electron chi connectivity index (χ3n) is 5.17. The zero-order chi connectivity index (χ0) is 25.8. The van der Waals surface area contributed by atoms with E-state index in [4.69, 9.17) is 21.7 Å². The number of rotatable bonds is 7. The second-order valence-corrected chi connectivity index (χ2v) is 9.10. The number of nitrogens with zero attached hydrogens (tertiary/aromatic N) is 1. The van der Waals surface area contributed by atoms with E-state index in [1.54, 1.807) is 43.3 Å². The second kappa shape index (κ2) is 11.1. The summed E-state index contributed by atoms with van der Waals surface area (Å²) in [6, 6.07) is 15.2. The van der Waals surface area contributed by atoms with E-state index in [0.717, 1.165) is 4.90 Å². The molecule has 1 saturated heterocycles. The van der Waals surface area contributed by atoms with Gasteiger partial charge in [0.1, 0.15) is 23.8 Å². The first kappa shape index (κ1) is 25.7. The van der Waals surface area contributed by atoms with Crippen molar-refractivity contribution in [2.45, 2.75) is 13.5 Å². The molecule has 1 N–H and O–H groups in total. The van der Waals surface area contributed by atoms with Gasteiger partial charge < -0.3 is 9.47 Å². The SMILES string of the molecule is CCOc1cc(/C=C2\C(=O)NC(=S)N(c3ccccc3F)C2=O)cc(I)c1OCc1ccccc1F. The largest absolute Gasteiger partial charge is 0.490 e. The number of benzene rings is 3. The molecule has 3 aromatic rings. The third kappa shape index (κ3) is 5.39. The molecule has 0 unspecified atom stereocenters. The van der Waals surface area contributed by atoms with Crippen LogP contribution in [0.2, 0.25) is 0 Å². The van der Waals surface area contributed by atoms with Crippen LogP contribution in [0.15, 0.2) is 66.2 Å². The first-order chi connectivity index (χ1) is 17.3.